The molecule has 5 rings (SSSR count). The molecular weight excluding hydrogens is 489 g/mol. The van der Waals surface area contributed by atoms with Crippen molar-refractivity contribution >= 4 is 22.6 Å². The summed E-state index contributed by atoms with van der Waals surface area (Å²) in [7, 11) is 0. The third-order valence-corrected chi connectivity index (χ3v) is 6.81. The first-order chi connectivity index (χ1) is 17.8. The molecule has 198 valence electrons. The molecule has 0 spiro atoms. The minimum Gasteiger partial charge on any atom is -0.380 e. The molecule has 0 radical (unpaired) electrons. The Balaban J connectivity index is 1.22. The number of aryl methyl sites for hydroxylation is 1. The number of anilines is 1. The zero-order valence-corrected chi connectivity index (χ0v) is 20.3. The second kappa shape index (κ2) is 10.6. The van der Waals surface area contributed by atoms with Gasteiger partial charge in [0.25, 0.3) is 0 Å². The van der Waals surface area contributed by atoms with E-state index in [0.717, 1.165) is 36.4 Å². The van der Waals surface area contributed by atoms with Crippen LogP contribution in [0.4, 0.5) is 19.0 Å². The van der Waals surface area contributed by atoms with Crippen molar-refractivity contribution in [2.45, 2.75) is 44.3 Å². The number of hydrogen-bond donors (Lipinski definition) is 3. The quantitative estimate of drug-likeness (QED) is 0.421. The van der Waals surface area contributed by atoms with Gasteiger partial charge in [-0.2, -0.15) is 18.3 Å². The van der Waals surface area contributed by atoms with E-state index in [4.69, 9.17) is 9.47 Å². The predicted molar refractivity (Wildman–Crippen MR) is 130 cm³/mol. The number of rotatable bonds is 8. The Morgan fingerprint density at radius 3 is 2.86 bits per heavy atom. The lowest BCUT2D eigenvalue weighted by molar-refractivity contribution is -0.137. The lowest BCUT2D eigenvalue weighted by Crippen LogP contribution is -2.46. The molecule has 37 heavy (non-hydrogen) atoms. The number of likely N-dealkylation sites (tertiary alicyclic amines) is 1. The summed E-state index contributed by atoms with van der Waals surface area (Å²) in [4.78, 5) is 19.4. The fourth-order valence-corrected chi connectivity index (χ4v) is 4.75. The first-order valence-electron chi connectivity index (χ1n) is 12.2. The normalized spacial score (nSPS) is 22.5. The number of hydrogen-bond acceptors (Lipinski definition) is 7. The summed E-state index contributed by atoms with van der Waals surface area (Å²) in [6, 6.07) is 7.26. The molecule has 4 heterocycles. The number of aromatic nitrogens is 3. The van der Waals surface area contributed by atoms with Gasteiger partial charge in [-0.1, -0.05) is 6.07 Å². The van der Waals surface area contributed by atoms with Crippen LogP contribution >= 0.6 is 0 Å². The van der Waals surface area contributed by atoms with Crippen LogP contribution < -0.4 is 10.6 Å². The number of ether oxygens (including phenoxy) is 2. The smallest absolute Gasteiger partial charge is 0.380 e. The van der Waals surface area contributed by atoms with E-state index in [1.54, 1.807) is 6.20 Å². The lowest BCUT2D eigenvalue weighted by Gasteiger charge is -2.21. The molecule has 9 nitrogen and oxygen atoms in total. The average Bonchev–Trinajstić information content (AvgIpc) is 3.62. The minimum absolute atomic E-state index is 0.145. The van der Waals surface area contributed by atoms with Crippen molar-refractivity contribution in [3.05, 3.63) is 53.3 Å². The molecule has 2 aliphatic heterocycles. The van der Waals surface area contributed by atoms with Crippen molar-refractivity contribution in [1.29, 1.82) is 0 Å². The molecule has 0 aliphatic carbocycles. The highest BCUT2D eigenvalue weighted by atomic mass is 19.4. The summed E-state index contributed by atoms with van der Waals surface area (Å²) >= 11 is 0. The molecule has 1 amide bonds. The van der Waals surface area contributed by atoms with Crippen LogP contribution in [-0.4, -0.2) is 77.0 Å². The molecule has 1 unspecified atom stereocenters. The first kappa shape index (κ1) is 25.4. The van der Waals surface area contributed by atoms with Gasteiger partial charge >= 0.3 is 6.18 Å². The van der Waals surface area contributed by atoms with E-state index in [2.05, 4.69) is 30.7 Å². The number of pyridine rings is 1. The molecule has 1 aromatic carbocycles. The largest absolute Gasteiger partial charge is 0.416 e. The topological polar surface area (TPSA) is 104 Å². The Labute approximate surface area is 211 Å². The number of H-pyrrole nitrogens is 1. The third-order valence-electron chi connectivity index (χ3n) is 6.81. The van der Waals surface area contributed by atoms with Crippen LogP contribution in [0.25, 0.3) is 10.9 Å². The molecule has 2 fully saturated rings. The number of halogens is 3. The number of nitrogens with one attached hydrogen (secondary N) is 3. The molecule has 12 heteroatoms. The Hall–Kier alpha value is -3.22. The van der Waals surface area contributed by atoms with E-state index >= 15 is 0 Å². The monoisotopic (exact) mass is 518 g/mol. The molecule has 3 atom stereocenters. The second-order valence-electron chi connectivity index (χ2n) is 9.49. The summed E-state index contributed by atoms with van der Waals surface area (Å²) in [6.07, 6.45) is -1.99. The van der Waals surface area contributed by atoms with Gasteiger partial charge in [0.15, 0.2) is 5.82 Å². The van der Waals surface area contributed by atoms with Crippen molar-refractivity contribution in [3.63, 3.8) is 0 Å². The average molecular weight is 519 g/mol. The summed E-state index contributed by atoms with van der Waals surface area (Å²) in [5.41, 5.74) is 1.54. The Morgan fingerprint density at radius 1 is 1.27 bits per heavy atom. The van der Waals surface area contributed by atoms with Crippen molar-refractivity contribution < 1.29 is 27.4 Å². The predicted octanol–water partition coefficient (Wildman–Crippen LogP) is 2.87. The highest BCUT2D eigenvalue weighted by molar-refractivity contribution is 5.92. The van der Waals surface area contributed by atoms with Crippen LogP contribution in [0.1, 0.15) is 23.2 Å². The second-order valence-corrected chi connectivity index (χ2v) is 9.49. The van der Waals surface area contributed by atoms with E-state index in [0.29, 0.717) is 31.8 Å². The standard InChI is InChI=1S/C25H29F3N6O3/c1-15-2-3-16(9-29-15)13-37-22-12-34(18-6-7-36-14-18)11-21(22)31-23(35)10-30-24-19-8-17(25(26,27)28)4-5-20(19)32-33-24/h2-5,8-9,18,21-22H,6-7,10-14H2,1H3,(H,31,35)(H2,30,32,33)/t18?,21-,22-/m0/s1. The number of benzene rings is 1. The highest BCUT2D eigenvalue weighted by Crippen LogP contribution is 2.32. The SMILES string of the molecule is Cc1ccc(CO[C@H]2CN(C3CCOC3)C[C@@H]2NC(=O)CNc2n[nH]c3ccc(C(F)(F)F)cc23)cn1. The van der Waals surface area contributed by atoms with Crippen molar-refractivity contribution in [3.8, 4) is 0 Å². The molecule has 0 bridgehead atoms. The third kappa shape index (κ3) is 6.03. The highest BCUT2D eigenvalue weighted by Gasteiger charge is 2.39. The number of aromatic amines is 1. The zero-order valence-electron chi connectivity index (χ0n) is 20.3. The van der Waals surface area contributed by atoms with Crippen LogP contribution in [0.2, 0.25) is 0 Å². The van der Waals surface area contributed by atoms with Crippen LogP contribution in [0.3, 0.4) is 0 Å². The van der Waals surface area contributed by atoms with Crippen LogP contribution in [0, 0.1) is 6.92 Å². The Morgan fingerprint density at radius 2 is 2.14 bits per heavy atom. The van der Waals surface area contributed by atoms with Gasteiger partial charge in [-0.05, 0) is 43.2 Å². The van der Waals surface area contributed by atoms with Crippen molar-refractivity contribution in [2.24, 2.45) is 0 Å². The summed E-state index contributed by atoms with van der Waals surface area (Å²) in [5, 5.41) is 12.9. The fourth-order valence-electron chi connectivity index (χ4n) is 4.75. The first-order valence-corrected chi connectivity index (χ1v) is 12.2. The molecule has 3 N–H and O–H groups in total. The van der Waals surface area contributed by atoms with Crippen molar-refractivity contribution in [2.75, 3.05) is 38.2 Å². The molecule has 3 aromatic rings. The summed E-state index contributed by atoms with van der Waals surface area (Å²) < 4.78 is 51.1. The molecule has 2 aromatic heterocycles. The molecular formula is C25H29F3N6O3. The number of carbonyl (C=O) groups excluding carboxylic acids is 1. The Kier molecular flexibility index (Phi) is 7.31. The van der Waals surface area contributed by atoms with Gasteiger partial charge < -0.3 is 20.1 Å². The maximum absolute atomic E-state index is 13.1. The maximum atomic E-state index is 13.1. The maximum Gasteiger partial charge on any atom is 0.416 e. The number of amides is 1. The summed E-state index contributed by atoms with van der Waals surface area (Å²) in [5.74, 6) is -0.115. The van der Waals surface area contributed by atoms with Gasteiger partial charge in [-0.3, -0.25) is 19.8 Å². The van der Waals surface area contributed by atoms with Gasteiger partial charge in [0.05, 0.1) is 43.0 Å². The van der Waals surface area contributed by atoms with Crippen molar-refractivity contribution in [1.82, 2.24) is 25.4 Å². The van der Waals surface area contributed by atoms with Gasteiger partial charge in [0.1, 0.15) is 0 Å². The number of fused-ring (bicyclic) bond motifs is 1. The van der Waals surface area contributed by atoms with Crippen LogP contribution in [0.15, 0.2) is 36.5 Å². The fraction of sp³-hybridized carbons (Fsp3) is 0.480. The number of alkyl halides is 3. The van der Waals surface area contributed by atoms with Crippen LogP contribution in [-0.2, 0) is 27.1 Å². The Bertz CT molecular complexity index is 1230. The molecule has 2 aliphatic rings. The number of nitrogens with zero attached hydrogens (tertiary/aromatic N) is 3. The van der Waals surface area contributed by atoms with Gasteiger partial charge in [-0.25, -0.2) is 0 Å². The zero-order chi connectivity index (χ0) is 26.0. The van der Waals surface area contributed by atoms with E-state index in [1.165, 1.54) is 6.07 Å². The minimum atomic E-state index is -4.47. The van der Waals surface area contributed by atoms with E-state index in [1.807, 2.05) is 19.1 Å². The van der Waals surface area contributed by atoms with Gasteiger partial charge in [0, 0.05) is 43.0 Å². The summed E-state index contributed by atoms with van der Waals surface area (Å²) in [6.45, 7) is 4.81. The van der Waals surface area contributed by atoms with E-state index < -0.39 is 11.7 Å². The molecule has 0 saturated carbocycles. The number of carbonyl (C=O) groups is 1. The lowest BCUT2D eigenvalue weighted by atomic mass is 10.1. The van der Waals surface area contributed by atoms with Gasteiger partial charge in [0.2, 0.25) is 5.91 Å². The molecule has 2 saturated heterocycles. The van der Waals surface area contributed by atoms with E-state index in [9.17, 15) is 18.0 Å². The van der Waals surface area contributed by atoms with E-state index in [-0.39, 0.29) is 41.8 Å². The van der Waals surface area contributed by atoms with Gasteiger partial charge in [-0.15, -0.1) is 0 Å². The van der Waals surface area contributed by atoms with Crippen LogP contribution in [0.5, 0.6) is 0 Å².